The molecule has 2 nitrogen and oxygen atoms in total. The largest absolute Gasteiger partial charge is 0.349 e. The minimum atomic E-state index is 0.0706. The molecule has 0 aliphatic heterocycles. The normalized spacial score (nSPS) is 28.1. The summed E-state index contributed by atoms with van der Waals surface area (Å²) in [6.07, 6.45) is 6.89. The zero-order valence-electron chi connectivity index (χ0n) is 11.6. The average Bonchev–Trinajstić information content (AvgIpc) is 3.01. The first-order chi connectivity index (χ1) is 9.13. The standard InChI is InChI=1S/C17H21NO/c1-11(2)13-5-7-14(8-6-13)17(19)18-16-10-12-3-4-15(16)9-12/h3-8,11-12,15-16H,9-10H2,1-2H3,(H,18,19). The topological polar surface area (TPSA) is 29.1 Å². The third-order valence-electron chi connectivity index (χ3n) is 4.43. The number of nitrogens with one attached hydrogen (secondary N) is 1. The van der Waals surface area contributed by atoms with Gasteiger partial charge in [-0.25, -0.2) is 0 Å². The predicted molar refractivity (Wildman–Crippen MR) is 77.1 cm³/mol. The Hall–Kier alpha value is -1.57. The fourth-order valence-electron chi connectivity index (χ4n) is 3.22. The number of carbonyl (C=O) groups is 1. The summed E-state index contributed by atoms with van der Waals surface area (Å²) in [7, 11) is 0. The first kappa shape index (κ1) is 12.5. The Kier molecular flexibility index (Phi) is 3.17. The van der Waals surface area contributed by atoms with Gasteiger partial charge in [0, 0.05) is 11.6 Å². The van der Waals surface area contributed by atoms with Crippen molar-refractivity contribution in [3.8, 4) is 0 Å². The lowest BCUT2D eigenvalue weighted by Gasteiger charge is -2.19. The minimum Gasteiger partial charge on any atom is -0.349 e. The van der Waals surface area contributed by atoms with E-state index in [-0.39, 0.29) is 5.91 Å². The van der Waals surface area contributed by atoms with Gasteiger partial charge in [0.15, 0.2) is 0 Å². The second kappa shape index (κ2) is 4.84. The van der Waals surface area contributed by atoms with Crippen molar-refractivity contribution in [2.75, 3.05) is 0 Å². The van der Waals surface area contributed by atoms with E-state index in [2.05, 4.69) is 43.4 Å². The highest BCUT2D eigenvalue weighted by atomic mass is 16.1. The second-order valence-electron chi connectivity index (χ2n) is 6.14. The predicted octanol–water partition coefficient (Wildman–Crippen LogP) is 3.50. The molecule has 0 radical (unpaired) electrons. The maximum absolute atomic E-state index is 12.2. The number of allylic oxidation sites excluding steroid dienone is 1. The monoisotopic (exact) mass is 255 g/mol. The number of hydrogen-bond acceptors (Lipinski definition) is 1. The van der Waals surface area contributed by atoms with E-state index in [0.717, 1.165) is 12.0 Å². The lowest BCUT2D eigenvalue weighted by atomic mass is 10.00. The van der Waals surface area contributed by atoms with Gasteiger partial charge in [-0.2, -0.15) is 0 Å². The van der Waals surface area contributed by atoms with Crippen LogP contribution in [0.15, 0.2) is 36.4 Å². The molecular formula is C17H21NO. The molecule has 1 amide bonds. The fourth-order valence-corrected chi connectivity index (χ4v) is 3.22. The molecule has 100 valence electrons. The molecule has 1 aromatic rings. The Morgan fingerprint density at radius 3 is 2.42 bits per heavy atom. The fraction of sp³-hybridized carbons (Fsp3) is 0.471. The summed E-state index contributed by atoms with van der Waals surface area (Å²) in [6.45, 7) is 4.33. The van der Waals surface area contributed by atoms with Crippen molar-refractivity contribution in [2.24, 2.45) is 11.8 Å². The van der Waals surface area contributed by atoms with E-state index in [1.807, 2.05) is 12.1 Å². The van der Waals surface area contributed by atoms with Crippen LogP contribution in [0.25, 0.3) is 0 Å². The second-order valence-corrected chi connectivity index (χ2v) is 6.14. The van der Waals surface area contributed by atoms with Crippen molar-refractivity contribution >= 4 is 5.91 Å². The van der Waals surface area contributed by atoms with Gasteiger partial charge in [-0.3, -0.25) is 4.79 Å². The molecule has 1 fully saturated rings. The number of hydrogen-bond donors (Lipinski definition) is 1. The number of fused-ring (bicyclic) bond motifs is 2. The van der Waals surface area contributed by atoms with E-state index in [9.17, 15) is 4.79 Å². The molecule has 2 aliphatic rings. The van der Waals surface area contributed by atoms with E-state index in [4.69, 9.17) is 0 Å². The van der Waals surface area contributed by atoms with Crippen LogP contribution in [0.2, 0.25) is 0 Å². The SMILES string of the molecule is CC(C)c1ccc(C(=O)NC2CC3C=CC2C3)cc1. The molecule has 1 aromatic carbocycles. The summed E-state index contributed by atoms with van der Waals surface area (Å²) >= 11 is 0. The van der Waals surface area contributed by atoms with Gasteiger partial charge >= 0.3 is 0 Å². The number of carbonyl (C=O) groups excluding carboxylic acids is 1. The van der Waals surface area contributed by atoms with Crippen LogP contribution in [-0.4, -0.2) is 11.9 Å². The van der Waals surface area contributed by atoms with Crippen molar-refractivity contribution in [3.63, 3.8) is 0 Å². The molecule has 3 rings (SSSR count). The maximum atomic E-state index is 12.2. The molecule has 0 heterocycles. The van der Waals surface area contributed by atoms with Gasteiger partial charge in [0.1, 0.15) is 0 Å². The molecule has 2 bridgehead atoms. The molecule has 0 saturated heterocycles. The van der Waals surface area contributed by atoms with Crippen LogP contribution >= 0.6 is 0 Å². The molecule has 2 heteroatoms. The number of amides is 1. The summed E-state index contributed by atoms with van der Waals surface area (Å²) in [6, 6.07) is 8.33. The van der Waals surface area contributed by atoms with Crippen LogP contribution in [-0.2, 0) is 0 Å². The van der Waals surface area contributed by atoms with Gasteiger partial charge in [0.25, 0.3) is 5.91 Å². The van der Waals surface area contributed by atoms with Crippen LogP contribution in [0.4, 0.5) is 0 Å². The molecule has 0 spiro atoms. The van der Waals surface area contributed by atoms with Gasteiger partial charge in [0.2, 0.25) is 0 Å². The Morgan fingerprint density at radius 2 is 1.89 bits per heavy atom. The van der Waals surface area contributed by atoms with Gasteiger partial charge in [-0.05, 0) is 48.3 Å². The highest BCUT2D eigenvalue weighted by Gasteiger charge is 2.36. The third kappa shape index (κ3) is 2.44. The molecule has 3 unspecified atom stereocenters. The third-order valence-corrected chi connectivity index (χ3v) is 4.43. The minimum absolute atomic E-state index is 0.0706. The smallest absolute Gasteiger partial charge is 0.251 e. The van der Waals surface area contributed by atoms with E-state index in [1.54, 1.807) is 0 Å². The summed E-state index contributed by atoms with van der Waals surface area (Å²) in [4.78, 5) is 12.2. The van der Waals surface area contributed by atoms with Gasteiger partial charge in [-0.15, -0.1) is 0 Å². The molecular weight excluding hydrogens is 234 g/mol. The Balaban J connectivity index is 1.65. The van der Waals surface area contributed by atoms with Crippen molar-refractivity contribution in [2.45, 2.75) is 38.6 Å². The highest BCUT2D eigenvalue weighted by molar-refractivity contribution is 5.94. The summed E-state index contributed by atoms with van der Waals surface area (Å²) in [5.41, 5.74) is 2.05. The lowest BCUT2D eigenvalue weighted by Crippen LogP contribution is -2.37. The first-order valence-corrected chi connectivity index (χ1v) is 7.22. The van der Waals surface area contributed by atoms with Gasteiger partial charge in [0.05, 0.1) is 0 Å². The molecule has 1 saturated carbocycles. The number of benzene rings is 1. The van der Waals surface area contributed by atoms with E-state index in [0.29, 0.717) is 23.8 Å². The zero-order valence-corrected chi connectivity index (χ0v) is 11.6. The van der Waals surface area contributed by atoms with E-state index >= 15 is 0 Å². The van der Waals surface area contributed by atoms with Crippen molar-refractivity contribution in [1.82, 2.24) is 5.32 Å². The van der Waals surface area contributed by atoms with Gasteiger partial charge in [-0.1, -0.05) is 38.1 Å². The lowest BCUT2D eigenvalue weighted by molar-refractivity contribution is 0.0931. The van der Waals surface area contributed by atoms with Crippen LogP contribution in [0.5, 0.6) is 0 Å². The summed E-state index contributed by atoms with van der Waals surface area (Å²) < 4.78 is 0. The molecule has 0 aromatic heterocycles. The molecule has 1 N–H and O–H groups in total. The maximum Gasteiger partial charge on any atom is 0.251 e. The number of rotatable bonds is 3. The van der Waals surface area contributed by atoms with Crippen molar-refractivity contribution in [3.05, 3.63) is 47.5 Å². The Labute approximate surface area is 114 Å². The van der Waals surface area contributed by atoms with Crippen molar-refractivity contribution in [1.29, 1.82) is 0 Å². The Morgan fingerprint density at radius 1 is 1.16 bits per heavy atom. The van der Waals surface area contributed by atoms with Crippen LogP contribution in [0.1, 0.15) is 48.5 Å². The Bertz CT molecular complexity index is 500. The van der Waals surface area contributed by atoms with E-state index < -0.39 is 0 Å². The molecule has 19 heavy (non-hydrogen) atoms. The van der Waals surface area contributed by atoms with Crippen LogP contribution in [0.3, 0.4) is 0 Å². The van der Waals surface area contributed by atoms with E-state index in [1.165, 1.54) is 12.0 Å². The quantitative estimate of drug-likeness (QED) is 0.823. The summed E-state index contributed by atoms with van der Waals surface area (Å²) in [5.74, 6) is 1.83. The molecule has 2 aliphatic carbocycles. The van der Waals surface area contributed by atoms with Gasteiger partial charge < -0.3 is 5.32 Å². The summed E-state index contributed by atoms with van der Waals surface area (Å²) in [5, 5.41) is 3.19. The first-order valence-electron chi connectivity index (χ1n) is 7.22. The molecule has 3 atom stereocenters. The average molecular weight is 255 g/mol. The highest BCUT2D eigenvalue weighted by Crippen LogP contribution is 2.39. The zero-order chi connectivity index (χ0) is 13.4. The van der Waals surface area contributed by atoms with Crippen LogP contribution in [0, 0.1) is 11.8 Å². The van der Waals surface area contributed by atoms with Crippen molar-refractivity contribution < 1.29 is 4.79 Å². The van der Waals surface area contributed by atoms with Crippen LogP contribution < -0.4 is 5.32 Å².